The Morgan fingerprint density at radius 1 is 0.545 bits per heavy atom. The molecule has 2 N–H and O–H groups in total. The third-order valence-electron chi connectivity index (χ3n) is 6.83. The van der Waals surface area contributed by atoms with Gasteiger partial charge in [-0.1, -0.05) is 93.5 Å². The van der Waals surface area contributed by atoms with E-state index in [-0.39, 0.29) is 20.6 Å². The minimum atomic E-state index is -3.69. The van der Waals surface area contributed by atoms with Gasteiger partial charge in [-0.15, -0.1) is 0 Å². The topological polar surface area (TPSA) is 74.6 Å². The predicted octanol–water partition coefficient (Wildman–Crippen LogP) is 5.89. The number of hydrogen-bond acceptors (Lipinski definition) is 4. The fraction of sp³-hybridized carbons (Fsp3) is 0.571. The zero-order chi connectivity index (χ0) is 25.6. The van der Waals surface area contributed by atoms with E-state index in [4.69, 9.17) is 0 Å². The van der Waals surface area contributed by atoms with Gasteiger partial charge in [0.05, 0.1) is 22.0 Å². The molecule has 0 bridgehead atoms. The summed E-state index contributed by atoms with van der Waals surface area (Å²) in [4.78, 5) is 0.433. The van der Waals surface area contributed by atoms with Crippen LogP contribution >= 0.6 is 0 Å². The Hall–Kier alpha value is -1.69. The van der Waals surface area contributed by atoms with Gasteiger partial charge in [0.1, 0.15) is 0 Å². The second kappa shape index (κ2) is 8.83. The summed E-state index contributed by atoms with van der Waals surface area (Å²) in [6.45, 7) is 19.8. The first-order valence-corrected chi connectivity index (χ1v) is 13.0. The SMILES string of the molecule is CC(C)(C)C(O)C(C)(C)c1ccc(S(=O)(=O)c2ccc(C(C)(C)C(O)C(C)(C)C)cc2)cc1. The first-order valence-electron chi connectivity index (χ1n) is 11.6. The Morgan fingerprint density at radius 3 is 1.00 bits per heavy atom. The van der Waals surface area contributed by atoms with Crippen LogP contribution in [0.2, 0.25) is 0 Å². The highest BCUT2D eigenvalue weighted by atomic mass is 32.2. The highest BCUT2D eigenvalue weighted by molar-refractivity contribution is 7.91. The zero-order valence-electron chi connectivity index (χ0n) is 21.9. The summed E-state index contributed by atoms with van der Waals surface area (Å²) in [5.74, 6) is 0. The molecule has 0 aliphatic heterocycles. The summed E-state index contributed by atoms with van der Waals surface area (Å²) in [5, 5.41) is 21.6. The lowest BCUT2D eigenvalue weighted by molar-refractivity contribution is 0.00542. The van der Waals surface area contributed by atoms with E-state index in [0.717, 1.165) is 11.1 Å². The summed E-state index contributed by atoms with van der Waals surface area (Å²) in [6, 6.07) is 13.6. The predicted molar refractivity (Wildman–Crippen MR) is 135 cm³/mol. The molecule has 0 aromatic heterocycles. The maximum absolute atomic E-state index is 13.2. The highest BCUT2D eigenvalue weighted by Gasteiger charge is 2.39. The third kappa shape index (κ3) is 5.52. The van der Waals surface area contributed by atoms with Crippen molar-refractivity contribution in [3.05, 3.63) is 59.7 Å². The summed E-state index contributed by atoms with van der Waals surface area (Å²) >= 11 is 0. The van der Waals surface area contributed by atoms with E-state index in [1.165, 1.54) is 0 Å². The van der Waals surface area contributed by atoms with Gasteiger partial charge in [-0.05, 0) is 46.2 Å². The van der Waals surface area contributed by atoms with Crippen LogP contribution in [0.5, 0.6) is 0 Å². The molecule has 2 atom stereocenters. The van der Waals surface area contributed by atoms with Crippen molar-refractivity contribution in [2.75, 3.05) is 0 Å². The number of sulfone groups is 1. The standard InChI is InChI=1S/C28H42O4S/c1-25(2,3)23(29)27(7,8)19-11-15-21(16-12-19)33(31,32)22-17-13-20(14-18-22)28(9,10)24(30)26(4,5)6/h11-18,23-24,29-30H,1-10H3. The van der Waals surface area contributed by atoms with Crippen LogP contribution in [0.1, 0.15) is 80.4 Å². The van der Waals surface area contributed by atoms with Crippen molar-refractivity contribution < 1.29 is 18.6 Å². The molecule has 2 aromatic rings. The molecular formula is C28H42O4S. The molecule has 2 rings (SSSR count). The van der Waals surface area contributed by atoms with Crippen molar-refractivity contribution in [1.82, 2.24) is 0 Å². The highest BCUT2D eigenvalue weighted by Crippen LogP contribution is 2.39. The van der Waals surface area contributed by atoms with Gasteiger partial charge in [-0.2, -0.15) is 0 Å². The quantitative estimate of drug-likeness (QED) is 0.547. The van der Waals surface area contributed by atoms with E-state index in [9.17, 15) is 18.6 Å². The maximum atomic E-state index is 13.2. The van der Waals surface area contributed by atoms with E-state index < -0.39 is 32.9 Å². The largest absolute Gasteiger partial charge is 0.392 e. The van der Waals surface area contributed by atoms with E-state index >= 15 is 0 Å². The Balaban J connectivity index is 2.36. The van der Waals surface area contributed by atoms with E-state index in [2.05, 4.69) is 0 Å². The van der Waals surface area contributed by atoms with Crippen molar-refractivity contribution in [1.29, 1.82) is 0 Å². The molecule has 0 saturated carbocycles. The molecule has 0 aliphatic carbocycles. The zero-order valence-corrected chi connectivity index (χ0v) is 22.7. The number of aliphatic hydroxyl groups excluding tert-OH is 2. The molecule has 184 valence electrons. The van der Waals surface area contributed by atoms with E-state index in [0.29, 0.717) is 0 Å². The average Bonchev–Trinajstić information content (AvgIpc) is 2.71. The van der Waals surface area contributed by atoms with Crippen LogP contribution in [0.3, 0.4) is 0 Å². The molecule has 0 fully saturated rings. The molecule has 5 heteroatoms. The molecule has 33 heavy (non-hydrogen) atoms. The first kappa shape index (κ1) is 27.6. The van der Waals surface area contributed by atoms with Gasteiger partial charge in [0, 0.05) is 10.8 Å². The van der Waals surface area contributed by atoms with Crippen LogP contribution in [0.15, 0.2) is 58.3 Å². The van der Waals surface area contributed by atoms with Gasteiger partial charge < -0.3 is 10.2 Å². The van der Waals surface area contributed by atoms with Crippen LogP contribution < -0.4 is 0 Å². The Labute approximate surface area is 201 Å². The van der Waals surface area contributed by atoms with Crippen LogP contribution in [0.25, 0.3) is 0 Å². The summed E-state index contributed by atoms with van der Waals surface area (Å²) in [5.41, 5.74) is 0.118. The fourth-order valence-corrected chi connectivity index (χ4v) is 6.01. The molecule has 0 spiro atoms. The van der Waals surface area contributed by atoms with E-state index in [1.54, 1.807) is 48.5 Å². The van der Waals surface area contributed by atoms with Gasteiger partial charge in [0.2, 0.25) is 9.84 Å². The average molecular weight is 475 g/mol. The second-order valence-corrected chi connectivity index (χ2v) is 14.5. The molecule has 0 radical (unpaired) electrons. The fourth-order valence-electron chi connectivity index (χ4n) is 4.74. The van der Waals surface area contributed by atoms with Crippen LogP contribution in [0, 0.1) is 10.8 Å². The summed E-state index contributed by atoms with van der Waals surface area (Å²) in [6.07, 6.45) is -1.18. The van der Waals surface area contributed by atoms with Gasteiger partial charge in [0.15, 0.2) is 0 Å². The number of hydrogen-bond donors (Lipinski definition) is 2. The molecule has 0 aliphatic rings. The Kier molecular flexibility index (Phi) is 7.37. The maximum Gasteiger partial charge on any atom is 0.206 e. The van der Waals surface area contributed by atoms with Gasteiger partial charge in [-0.25, -0.2) is 8.42 Å². The molecule has 4 nitrogen and oxygen atoms in total. The minimum Gasteiger partial charge on any atom is -0.392 e. The van der Waals surface area contributed by atoms with Crippen molar-refractivity contribution in [3.63, 3.8) is 0 Å². The van der Waals surface area contributed by atoms with Gasteiger partial charge in [0.25, 0.3) is 0 Å². The molecule has 2 unspecified atom stereocenters. The van der Waals surface area contributed by atoms with Gasteiger partial charge in [-0.3, -0.25) is 0 Å². The number of benzene rings is 2. The molecule has 0 saturated heterocycles. The lowest BCUT2D eigenvalue weighted by atomic mass is 9.69. The third-order valence-corrected chi connectivity index (χ3v) is 8.61. The lowest BCUT2D eigenvalue weighted by Gasteiger charge is -2.39. The van der Waals surface area contributed by atoms with Crippen molar-refractivity contribution in [2.24, 2.45) is 10.8 Å². The van der Waals surface area contributed by atoms with E-state index in [1.807, 2.05) is 69.2 Å². The van der Waals surface area contributed by atoms with Crippen LogP contribution in [-0.2, 0) is 20.7 Å². The summed E-state index contributed by atoms with van der Waals surface area (Å²) < 4.78 is 26.5. The summed E-state index contributed by atoms with van der Waals surface area (Å²) in [7, 11) is -3.69. The second-order valence-electron chi connectivity index (χ2n) is 12.5. The molecule has 0 heterocycles. The minimum absolute atomic E-state index is 0.217. The number of aliphatic hydroxyl groups is 2. The Bertz CT molecular complexity index is 967. The molecule has 0 amide bonds. The smallest absolute Gasteiger partial charge is 0.206 e. The van der Waals surface area contributed by atoms with Gasteiger partial charge >= 0.3 is 0 Å². The lowest BCUT2D eigenvalue weighted by Crippen LogP contribution is -2.43. The monoisotopic (exact) mass is 474 g/mol. The van der Waals surface area contributed by atoms with Crippen molar-refractivity contribution >= 4 is 9.84 Å². The van der Waals surface area contributed by atoms with Crippen molar-refractivity contribution in [3.8, 4) is 0 Å². The number of rotatable bonds is 6. The normalized spacial score (nSPS) is 15.9. The van der Waals surface area contributed by atoms with Crippen LogP contribution in [0.4, 0.5) is 0 Å². The molecule has 2 aromatic carbocycles. The molecular weight excluding hydrogens is 432 g/mol. The van der Waals surface area contributed by atoms with Crippen molar-refractivity contribution in [2.45, 2.75) is 102 Å². The van der Waals surface area contributed by atoms with Crippen LogP contribution in [-0.4, -0.2) is 30.8 Å². The Morgan fingerprint density at radius 2 is 0.788 bits per heavy atom. The first-order chi connectivity index (χ1) is 14.7.